The number of hydrogen-bond acceptors (Lipinski definition) is 5. The minimum absolute atomic E-state index is 0.255. The maximum Gasteiger partial charge on any atom is 0.248 e. The van der Waals surface area contributed by atoms with Crippen molar-refractivity contribution >= 4 is 39.7 Å². The van der Waals surface area contributed by atoms with Crippen molar-refractivity contribution in [2.24, 2.45) is 0 Å². The summed E-state index contributed by atoms with van der Waals surface area (Å²) in [6, 6.07) is 16.4. The summed E-state index contributed by atoms with van der Waals surface area (Å²) in [5.74, 6) is 1.77. The average molecular weight is 492 g/mol. The van der Waals surface area contributed by atoms with E-state index in [0.717, 1.165) is 27.6 Å². The molecular weight excluding hydrogens is 466 g/mol. The number of fused-ring (bicyclic) bond motifs is 1. The predicted octanol–water partition coefficient (Wildman–Crippen LogP) is 7.21. The second kappa shape index (κ2) is 10.6. The van der Waals surface area contributed by atoms with E-state index < -0.39 is 0 Å². The first-order valence-electron chi connectivity index (χ1n) is 11.1. The maximum atomic E-state index is 12.7. The zero-order valence-corrected chi connectivity index (χ0v) is 20.7. The summed E-state index contributed by atoms with van der Waals surface area (Å²) in [6.45, 7) is 4.26. The van der Waals surface area contributed by atoms with Crippen LogP contribution in [-0.2, 0) is 4.79 Å². The number of allylic oxidation sites excluding steroid dienone is 1. The Labute approximate surface area is 209 Å². The number of furan rings is 1. The topological polar surface area (TPSA) is 69.9 Å². The number of rotatable bonds is 8. The van der Waals surface area contributed by atoms with Gasteiger partial charge in [0.15, 0.2) is 0 Å². The molecular formula is C28H26ClNO5. The summed E-state index contributed by atoms with van der Waals surface area (Å²) in [4.78, 5) is 12.7. The quantitative estimate of drug-likeness (QED) is 0.264. The van der Waals surface area contributed by atoms with Crippen molar-refractivity contribution in [3.8, 4) is 28.4 Å². The Balaban J connectivity index is 1.77. The van der Waals surface area contributed by atoms with Crippen LogP contribution in [0.15, 0.2) is 71.4 Å². The van der Waals surface area contributed by atoms with Gasteiger partial charge >= 0.3 is 0 Å². The number of benzene rings is 3. The Kier molecular flexibility index (Phi) is 7.32. The molecule has 0 saturated carbocycles. The van der Waals surface area contributed by atoms with E-state index in [1.54, 1.807) is 50.8 Å². The summed E-state index contributed by atoms with van der Waals surface area (Å²) < 4.78 is 22.8. The van der Waals surface area contributed by atoms with E-state index in [1.807, 2.05) is 44.2 Å². The summed E-state index contributed by atoms with van der Waals surface area (Å²) in [5.41, 5.74) is 4.53. The van der Waals surface area contributed by atoms with Crippen molar-refractivity contribution in [2.75, 3.05) is 26.1 Å². The van der Waals surface area contributed by atoms with Crippen LogP contribution in [-0.4, -0.2) is 26.7 Å². The third-order valence-electron chi connectivity index (χ3n) is 5.56. The lowest BCUT2D eigenvalue weighted by molar-refractivity contribution is -0.111. The van der Waals surface area contributed by atoms with Gasteiger partial charge in [0.1, 0.15) is 22.8 Å². The smallest absolute Gasteiger partial charge is 0.248 e. The number of halogens is 1. The summed E-state index contributed by atoms with van der Waals surface area (Å²) in [5, 5.41) is 4.32. The van der Waals surface area contributed by atoms with Crippen molar-refractivity contribution in [2.45, 2.75) is 13.8 Å². The molecule has 35 heavy (non-hydrogen) atoms. The number of carbonyl (C=O) groups is 1. The van der Waals surface area contributed by atoms with Crippen LogP contribution in [0.25, 0.3) is 27.7 Å². The van der Waals surface area contributed by atoms with Crippen molar-refractivity contribution in [3.05, 3.63) is 77.5 Å². The standard InChI is InChI=1S/C28H26ClNO5/c1-5-34-26-15-27-23(24(16-35-27)22-13-20(32-3)10-11-25(22)33-4)14-21(26)17(2)12-28(31)30-19-8-6-18(29)7-9-19/h6-16H,5H2,1-4H3,(H,30,31)/b17-12+. The highest BCUT2D eigenvalue weighted by atomic mass is 35.5. The van der Waals surface area contributed by atoms with Crippen molar-refractivity contribution < 1.29 is 23.4 Å². The Morgan fingerprint density at radius 2 is 1.77 bits per heavy atom. The van der Waals surface area contributed by atoms with Crippen LogP contribution in [0, 0.1) is 0 Å². The first-order valence-corrected chi connectivity index (χ1v) is 11.5. The van der Waals surface area contributed by atoms with Gasteiger partial charge in [-0.3, -0.25) is 4.79 Å². The van der Waals surface area contributed by atoms with Crippen molar-refractivity contribution in [1.29, 1.82) is 0 Å². The van der Waals surface area contributed by atoms with Crippen molar-refractivity contribution in [1.82, 2.24) is 0 Å². The van der Waals surface area contributed by atoms with Gasteiger partial charge in [-0.05, 0) is 68.0 Å². The molecule has 7 heteroatoms. The molecule has 180 valence electrons. The van der Waals surface area contributed by atoms with Gasteiger partial charge in [-0.25, -0.2) is 0 Å². The number of ether oxygens (including phenoxy) is 3. The molecule has 0 aliphatic rings. The van der Waals surface area contributed by atoms with E-state index in [4.69, 9.17) is 30.2 Å². The minimum atomic E-state index is -0.255. The lowest BCUT2D eigenvalue weighted by Crippen LogP contribution is -2.08. The molecule has 0 radical (unpaired) electrons. The Morgan fingerprint density at radius 1 is 1.00 bits per heavy atom. The Hall–Kier alpha value is -3.90. The van der Waals surface area contributed by atoms with Gasteiger partial charge in [0.25, 0.3) is 0 Å². The fourth-order valence-electron chi connectivity index (χ4n) is 3.86. The number of hydrogen-bond donors (Lipinski definition) is 1. The molecule has 1 heterocycles. The highest BCUT2D eigenvalue weighted by Gasteiger charge is 2.18. The van der Waals surface area contributed by atoms with Crippen LogP contribution >= 0.6 is 11.6 Å². The number of anilines is 1. The molecule has 0 unspecified atom stereocenters. The molecule has 0 fully saturated rings. The normalized spacial score (nSPS) is 11.4. The lowest BCUT2D eigenvalue weighted by Gasteiger charge is -2.13. The van der Waals surface area contributed by atoms with Gasteiger partial charge < -0.3 is 23.9 Å². The molecule has 4 rings (SSSR count). The number of amides is 1. The second-order valence-electron chi connectivity index (χ2n) is 7.82. The lowest BCUT2D eigenvalue weighted by atomic mass is 9.98. The second-order valence-corrected chi connectivity index (χ2v) is 8.25. The average Bonchev–Trinajstić information content (AvgIpc) is 3.27. The molecule has 0 atom stereocenters. The zero-order valence-electron chi connectivity index (χ0n) is 20.0. The molecule has 1 aromatic heterocycles. The molecule has 4 aromatic rings. The van der Waals surface area contributed by atoms with Gasteiger partial charge in [0.05, 0.1) is 27.1 Å². The molecule has 0 aliphatic heterocycles. The molecule has 0 spiro atoms. The van der Waals surface area contributed by atoms with Gasteiger partial charge in [-0.15, -0.1) is 0 Å². The third kappa shape index (κ3) is 5.28. The van der Waals surface area contributed by atoms with E-state index in [-0.39, 0.29) is 5.91 Å². The summed E-state index contributed by atoms with van der Waals surface area (Å²) in [6.07, 6.45) is 3.23. The largest absolute Gasteiger partial charge is 0.497 e. The van der Waals surface area contributed by atoms with Crippen LogP contribution < -0.4 is 19.5 Å². The van der Waals surface area contributed by atoms with Gasteiger partial charge in [-0.2, -0.15) is 0 Å². The number of carbonyl (C=O) groups excluding carboxylic acids is 1. The van der Waals surface area contributed by atoms with Gasteiger partial charge in [0.2, 0.25) is 5.91 Å². The van der Waals surface area contributed by atoms with Crippen LogP contribution in [0.1, 0.15) is 19.4 Å². The first-order chi connectivity index (χ1) is 16.9. The molecule has 1 amide bonds. The highest BCUT2D eigenvalue weighted by Crippen LogP contribution is 2.41. The molecule has 0 aliphatic carbocycles. The maximum absolute atomic E-state index is 12.7. The van der Waals surface area contributed by atoms with E-state index in [1.165, 1.54) is 0 Å². The Morgan fingerprint density at radius 3 is 2.46 bits per heavy atom. The van der Waals surface area contributed by atoms with Crippen LogP contribution in [0.3, 0.4) is 0 Å². The SMILES string of the molecule is CCOc1cc2occ(-c3cc(OC)ccc3OC)c2cc1/C(C)=C/C(=O)Nc1ccc(Cl)cc1. The molecule has 0 bridgehead atoms. The van der Waals surface area contributed by atoms with Crippen molar-refractivity contribution in [3.63, 3.8) is 0 Å². The molecule has 1 N–H and O–H groups in total. The van der Waals surface area contributed by atoms with E-state index >= 15 is 0 Å². The van der Waals surface area contributed by atoms with Crippen LogP contribution in [0.5, 0.6) is 17.2 Å². The number of nitrogens with one attached hydrogen (secondary N) is 1. The first kappa shape index (κ1) is 24.2. The van der Waals surface area contributed by atoms with Gasteiger partial charge in [-0.1, -0.05) is 11.6 Å². The molecule has 6 nitrogen and oxygen atoms in total. The summed E-state index contributed by atoms with van der Waals surface area (Å²) >= 11 is 5.93. The van der Waals surface area contributed by atoms with Crippen LogP contribution in [0.4, 0.5) is 5.69 Å². The third-order valence-corrected chi connectivity index (χ3v) is 5.81. The highest BCUT2D eigenvalue weighted by molar-refractivity contribution is 6.30. The summed E-state index contributed by atoms with van der Waals surface area (Å²) in [7, 11) is 3.24. The van der Waals surface area contributed by atoms with E-state index in [0.29, 0.717) is 40.1 Å². The monoisotopic (exact) mass is 491 g/mol. The number of methoxy groups -OCH3 is 2. The molecule has 3 aromatic carbocycles. The van der Waals surface area contributed by atoms with Gasteiger partial charge in [0, 0.05) is 44.9 Å². The van der Waals surface area contributed by atoms with E-state index in [9.17, 15) is 4.79 Å². The van der Waals surface area contributed by atoms with Crippen LogP contribution in [0.2, 0.25) is 5.02 Å². The minimum Gasteiger partial charge on any atom is -0.497 e. The zero-order chi connectivity index (χ0) is 24.9. The van der Waals surface area contributed by atoms with E-state index in [2.05, 4.69) is 5.32 Å². The Bertz CT molecular complexity index is 1390. The fraction of sp³-hybridized carbons (Fsp3) is 0.179. The fourth-order valence-corrected chi connectivity index (χ4v) is 3.98. The molecule has 0 saturated heterocycles. The predicted molar refractivity (Wildman–Crippen MR) is 140 cm³/mol.